The Morgan fingerprint density at radius 3 is 2.22 bits per heavy atom. The van der Waals surface area contributed by atoms with Gasteiger partial charge in [0.25, 0.3) is 0 Å². The van der Waals surface area contributed by atoms with Crippen molar-refractivity contribution in [2.24, 2.45) is 5.73 Å². The zero-order valence-electron chi connectivity index (χ0n) is 11.2. The Labute approximate surface area is 110 Å². The Morgan fingerprint density at radius 2 is 1.78 bits per heavy atom. The average molecular weight is 270 g/mol. The molecule has 0 amide bonds. The van der Waals surface area contributed by atoms with Crippen molar-refractivity contribution in [3.8, 4) is 0 Å². The molecule has 0 bridgehead atoms. The van der Waals surface area contributed by atoms with Crippen LogP contribution in [0.4, 0.5) is 0 Å². The third kappa shape index (κ3) is 4.08. The second kappa shape index (κ2) is 6.31. The summed E-state index contributed by atoms with van der Waals surface area (Å²) < 4.78 is 26.3. The van der Waals surface area contributed by atoms with Crippen LogP contribution in [0.1, 0.15) is 38.7 Å². The van der Waals surface area contributed by atoms with E-state index in [2.05, 4.69) is 18.6 Å². The second-order valence-corrected chi connectivity index (χ2v) is 6.47. The third-order valence-electron chi connectivity index (χ3n) is 2.97. The maximum Gasteiger partial charge on any atom is 0.240 e. The first-order valence-corrected chi connectivity index (χ1v) is 7.70. The van der Waals surface area contributed by atoms with Gasteiger partial charge < -0.3 is 5.73 Å². The van der Waals surface area contributed by atoms with E-state index in [0.717, 1.165) is 12.0 Å². The zero-order valence-corrected chi connectivity index (χ0v) is 12.0. The standard InChI is InChI=1S/C13H22N2O2S/c1-4-10(2)12-5-7-13(8-6-12)18(16,17)15-9-11(3)14/h5-8,10-11,15H,4,9,14H2,1-3H3. The maximum atomic E-state index is 11.9. The highest BCUT2D eigenvalue weighted by molar-refractivity contribution is 7.89. The van der Waals surface area contributed by atoms with Gasteiger partial charge in [-0.05, 0) is 37.0 Å². The summed E-state index contributed by atoms with van der Waals surface area (Å²) in [5, 5.41) is 0. The van der Waals surface area contributed by atoms with Crippen LogP contribution in [0.3, 0.4) is 0 Å². The normalized spacial score (nSPS) is 15.3. The van der Waals surface area contributed by atoms with E-state index in [1.165, 1.54) is 0 Å². The Hall–Kier alpha value is -0.910. The van der Waals surface area contributed by atoms with Crippen molar-refractivity contribution >= 4 is 10.0 Å². The topological polar surface area (TPSA) is 72.2 Å². The van der Waals surface area contributed by atoms with Crippen molar-refractivity contribution in [2.75, 3.05) is 6.54 Å². The maximum absolute atomic E-state index is 11.9. The molecule has 2 atom stereocenters. The molecule has 18 heavy (non-hydrogen) atoms. The molecule has 102 valence electrons. The monoisotopic (exact) mass is 270 g/mol. The van der Waals surface area contributed by atoms with Gasteiger partial charge in [-0.15, -0.1) is 0 Å². The predicted molar refractivity (Wildman–Crippen MR) is 74.0 cm³/mol. The number of hydrogen-bond acceptors (Lipinski definition) is 3. The minimum atomic E-state index is -3.43. The van der Waals surface area contributed by atoms with Gasteiger partial charge in [0.1, 0.15) is 0 Å². The van der Waals surface area contributed by atoms with Crippen LogP contribution in [0.5, 0.6) is 0 Å². The van der Waals surface area contributed by atoms with Gasteiger partial charge in [-0.3, -0.25) is 0 Å². The number of hydrogen-bond donors (Lipinski definition) is 2. The molecule has 1 aromatic carbocycles. The third-order valence-corrected chi connectivity index (χ3v) is 4.41. The van der Waals surface area contributed by atoms with Crippen LogP contribution in [0.25, 0.3) is 0 Å². The smallest absolute Gasteiger partial charge is 0.240 e. The Kier molecular flexibility index (Phi) is 5.31. The van der Waals surface area contributed by atoms with Crippen molar-refractivity contribution < 1.29 is 8.42 Å². The van der Waals surface area contributed by atoms with Crippen LogP contribution < -0.4 is 10.5 Å². The Morgan fingerprint density at radius 1 is 1.22 bits per heavy atom. The molecule has 0 aliphatic heterocycles. The number of sulfonamides is 1. The van der Waals surface area contributed by atoms with Crippen molar-refractivity contribution in [3.05, 3.63) is 29.8 Å². The number of rotatable bonds is 6. The molecule has 0 radical (unpaired) electrons. The second-order valence-electron chi connectivity index (χ2n) is 4.71. The van der Waals surface area contributed by atoms with Crippen molar-refractivity contribution in [1.29, 1.82) is 0 Å². The first-order chi connectivity index (χ1) is 8.36. The van der Waals surface area contributed by atoms with Gasteiger partial charge in [-0.2, -0.15) is 0 Å². The van der Waals surface area contributed by atoms with E-state index in [-0.39, 0.29) is 17.5 Å². The molecule has 0 aliphatic rings. The summed E-state index contributed by atoms with van der Waals surface area (Å²) in [7, 11) is -3.43. The van der Waals surface area contributed by atoms with Crippen LogP contribution in [0.15, 0.2) is 29.2 Å². The first kappa shape index (κ1) is 15.1. The lowest BCUT2D eigenvalue weighted by molar-refractivity contribution is 0.574. The number of benzene rings is 1. The lowest BCUT2D eigenvalue weighted by Gasteiger charge is -2.11. The summed E-state index contributed by atoms with van der Waals surface area (Å²) in [5.74, 6) is 0.443. The summed E-state index contributed by atoms with van der Waals surface area (Å²) in [5.41, 5.74) is 6.69. The molecule has 5 heteroatoms. The molecule has 0 fully saturated rings. The quantitative estimate of drug-likeness (QED) is 0.828. The molecular weight excluding hydrogens is 248 g/mol. The molecular formula is C13H22N2O2S. The van der Waals surface area contributed by atoms with Crippen LogP contribution in [0, 0.1) is 0 Å². The largest absolute Gasteiger partial charge is 0.327 e. The molecule has 1 aromatic rings. The van der Waals surface area contributed by atoms with Crippen LogP contribution in [0.2, 0.25) is 0 Å². The molecule has 0 heterocycles. The summed E-state index contributed by atoms with van der Waals surface area (Å²) >= 11 is 0. The van der Waals surface area contributed by atoms with Crippen LogP contribution in [-0.4, -0.2) is 21.0 Å². The predicted octanol–water partition coefficient (Wildman–Crippen LogP) is 1.83. The lowest BCUT2D eigenvalue weighted by Crippen LogP contribution is -2.35. The van der Waals surface area contributed by atoms with Crippen LogP contribution >= 0.6 is 0 Å². The zero-order chi connectivity index (χ0) is 13.8. The molecule has 0 aliphatic carbocycles. The molecule has 2 unspecified atom stereocenters. The van der Waals surface area contributed by atoms with Gasteiger partial charge in [0.05, 0.1) is 4.90 Å². The molecule has 1 rings (SSSR count). The minimum Gasteiger partial charge on any atom is -0.327 e. The summed E-state index contributed by atoms with van der Waals surface area (Å²) in [6.07, 6.45) is 1.04. The van der Waals surface area contributed by atoms with Gasteiger partial charge in [0, 0.05) is 12.6 Å². The number of nitrogens with one attached hydrogen (secondary N) is 1. The summed E-state index contributed by atoms with van der Waals surface area (Å²) in [6.45, 7) is 6.24. The first-order valence-electron chi connectivity index (χ1n) is 6.22. The molecule has 3 N–H and O–H groups in total. The van der Waals surface area contributed by atoms with Gasteiger partial charge in [-0.25, -0.2) is 13.1 Å². The fourth-order valence-electron chi connectivity index (χ4n) is 1.54. The highest BCUT2D eigenvalue weighted by atomic mass is 32.2. The van der Waals surface area contributed by atoms with Crippen LogP contribution in [-0.2, 0) is 10.0 Å². The van der Waals surface area contributed by atoms with Gasteiger partial charge >= 0.3 is 0 Å². The molecule has 0 saturated heterocycles. The van der Waals surface area contributed by atoms with E-state index in [1.807, 2.05) is 12.1 Å². The summed E-state index contributed by atoms with van der Waals surface area (Å²) in [6, 6.07) is 6.83. The molecule has 0 spiro atoms. The lowest BCUT2D eigenvalue weighted by atomic mass is 9.99. The van der Waals surface area contributed by atoms with Crippen molar-refractivity contribution in [3.63, 3.8) is 0 Å². The summed E-state index contributed by atoms with van der Waals surface area (Å²) in [4.78, 5) is 0.287. The van der Waals surface area contributed by atoms with Gasteiger partial charge in [0.2, 0.25) is 10.0 Å². The van der Waals surface area contributed by atoms with E-state index in [4.69, 9.17) is 5.73 Å². The van der Waals surface area contributed by atoms with E-state index >= 15 is 0 Å². The van der Waals surface area contributed by atoms with E-state index < -0.39 is 10.0 Å². The Bertz CT molecular complexity index is 466. The fourth-order valence-corrected chi connectivity index (χ4v) is 2.68. The van der Waals surface area contributed by atoms with Gasteiger partial charge in [0.15, 0.2) is 0 Å². The van der Waals surface area contributed by atoms with E-state index in [0.29, 0.717) is 5.92 Å². The highest BCUT2D eigenvalue weighted by Gasteiger charge is 2.14. The van der Waals surface area contributed by atoms with E-state index in [1.54, 1.807) is 19.1 Å². The molecule has 0 aromatic heterocycles. The SMILES string of the molecule is CCC(C)c1ccc(S(=O)(=O)NCC(C)N)cc1. The van der Waals surface area contributed by atoms with Gasteiger partial charge in [-0.1, -0.05) is 26.0 Å². The minimum absolute atomic E-state index is 0.195. The highest BCUT2D eigenvalue weighted by Crippen LogP contribution is 2.20. The molecule has 4 nitrogen and oxygen atoms in total. The van der Waals surface area contributed by atoms with Crippen molar-refractivity contribution in [1.82, 2.24) is 4.72 Å². The fraction of sp³-hybridized carbons (Fsp3) is 0.538. The van der Waals surface area contributed by atoms with E-state index in [9.17, 15) is 8.42 Å². The van der Waals surface area contributed by atoms with Crippen molar-refractivity contribution in [2.45, 2.75) is 44.0 Å². The molecule has 0 saturated carbocycles. The number of nitrogens with two attached hydrogens (primary N) is 1. The average Bonchev–Trinajstić information content (AvgIpc) is 2.36. The Balaban J connectivity index is 2.84.